The van der Waals surface area contributed by atoms with Crippen LogP contribution in [0.1, 0.15) is 99.6 Å². The molecule has 1 aromatic carbocycles. The molecule has 7 rings (SSSR count). The number of fused-ring (bicyclic) bond motifs is 12. The fraction of sp³-hybridized carbons (Fsp3) is 0.581. The minimum absolute atomic E-state index is 0.0441. The van der Waals surface area contributed by atoms with Crippen LogP contribution in [0.5, 0.6) is 11.5 Å². The molecule has 5 bridgehead atoms. The van der Waals surface area contributed by atoms with E-state index in [1.807, 2.05) is 0 Å². The van der Waals surface area contributed by atoms with Crippen molar-refractivity contribution in [3.63, 3.8) is 0 Å². The van der Waals surface area contributed by atoms with E-state index in [2.05, 4.69) is 5.32 Å². The van der Waals surface area contributed by atoms with Crippen molar-refractivity contribution in [1.82, 2.24) is 5.32 Å². The first-order valence-corrected chi connectivity index (χ1v) is 20.0. The monoisotopic (exact) mass is 822 g/mol. The summed E-state index contributed by atoms with van der Waals surface area (Å²) in [6.07, 6.45) is 0.385. The lowest BCUT2D eigenvalue weighted by Crippen LogP contribution is -2.46. The number of Topliss-reactive ketones (excluding diaryl/α,β-unsaturated/α-hetero) is 2. The number of methoxy groups -OCH3 is 1. The third-order valence-corrected chi connectivity index (χ3v) is 12.4. The van der Waals surface area contributed by atoms with Crippen molar-refractivity contribution in [2.75, 3.05) is 7.11 Å². The molecule has 1 amide bonds. The second-order valence-electron chi connectivity index (χ2n) is 16.6. The molecule has 1 saturated carbocycles. The lowest BCUT2D eigenvalue weighted by molar-refractivity contribution is -0.162. The topological polar surface area (TPSA) is 237 Å². The summed E-state index contributed by atoms with van der Waals surface area (Å²) >= 11 is 0. The number of allylic oxidation sites excluding steroid dienone is 3. The fourth-order valence-electron chi connectivity index (χ4n) is 8.69. The number of carbonyl (C=O) groups is 5. The number of aliphatic hydroxyl groups excluding tert-OH is 3. The maximum atomic E-state index is 14.5. The molecule has 4 aliphatic heterocycles. The van der Waals surface area contributed by atoms with E-state index in [0.29, 0.717) is 12.8 Å². The van der Waals surface area contributed by atoms with Crippen molar-refractivity contribution in [2.45, 2.75) is 123 Å². The number of aromatic hydroxyl groups is 1. The summed E-state index contributed by atoms with van der Waals surface area (Å²) in [5.41, 5.74) is -0.683. The summed E-state index contributed by atoms with van der Waals surface area (Å²) in [7, 11) is 1.42. The zero-order valence-corrected chi connectivity index (χ0v) is 34.7. The van der Waals surface area contributed by atoms with Crippen LogP contribution in [-0.4, -0.2) is 111 Å². The Balaban J connectivity index is 1.48. The van der Waals surface area contributed by atoms with Gasteiger partial charge in [-0.05, 0) is 57.8 Å². The van der Waals surface area contributed by atoms with E-state index in [1.165, 1.54) is 53.2 Å². The van der Waals surface area contributed by atoms with Crippen LogP contribution in [0.4, 0.5) is 0 Å². The molecule has 0 spiro atoms. The van der Waals surface area contributed by atoms with E-state index in [1.54, 1.807) is 27.7 Å². The molecule has 59 heavy (non-hydrogen) atoms. The Morgan fingerprint density at radius 3 is 2.29 bits per heavy atom. The van der Waals surface area contributed by atoms with Crippen LogP contribution in [0.25, 0.3) is 0 Å². The average molecular weight is 823 g/mol. The van der Waals surface area contributed by atoms with Crippen LogP contribution >= 0.6 is 0 Å². The molecule has 13 atom stereocenters. The van der Waals surface area contributed by atoms with E-state index in [-0.39, 0.29) is 51.4 Å². The molecular weight excluding hydrogens is 768 g/mol. The van der Waals surface area contributed by atoms with Gasteiger partial charge in [-0.2, -0.15) is 0 Å². The summed E-state index contributed by atoms with van der Waals surface area (Å²) in [4.78, 5) is 73.1. The Kier molecular flexibility index (Phi) is 12.4. The number of phenols is 1. The zero-order valence-electron chi connectivity index (χ0n) is 34.7. The van der Waals surface area contributed by atoms with Gasteiger partial charge in [-0.1, -0.05) is 20.8 Å². The molecule has 16 nitrogen and oxygen atoms in total. The summed E-state index contributed by atoms with van der Waals surface area (Å²) < 4.78 is 29.3. The summed E-state index contributed by atoms with van der Waals surface area (Å²) in [5.74, 6) is -9.25. The minimum Gasteiger partial charge on any atom is -0.507 e. The van der Waals surface area contributed by atoms with Gasteiger partial charge >= 0.3 is 11.8 Å². The first kappa shape index (κ1) is 43.8. The van der Waals surface area contributed by atoms with Crippen LogP contribution in [0.15, 0.2) is 40.8 Å². The van der Waals surface area contributed by atoms with Gasteiger partial charge in [0.1, 0.15) is 17.6 Å². The van der Waals surface area contributed by atoms with E-state index in [9.17, 15) is 44.4 Å². The smallest absolute Gasteiger partial charge is 0.312 e. The molecule has 2 aliphatic carbocycles. The predicted molar refractivity (Wildman–Crippen MR) is 209 cm³/mol. The third kappa shape index (κ3) is 8.25. The second-order valence-corrected chi connectivity index (χ2v) is 16.6. The second kappa shape index (κ2) is 16.7. The molecular formula is C43H54N2O14. The van der Waals surface area contributed by atoms with E-state index in [0.717, 1.165) is 6.08 Å². The predicted octanol–water partition coefficient (Wildman–Crippen LogP) is 3.14. The summed E-state index contributed by atoms with van der Waals surface area (Å²) in [6.45, 7) is 12.2. The van der Waals surface area contributed by atoms with E-state index < -0.39 is 113 Å². The Labute approximate surface area is 342 Å². The molecule has 320 valence electrons. The largest absolute Gasteiger partial charge is 0.507 e. The standard InChI is InChI=1S/C43H54N2O14/c1-17-14-29(47)24-15-25(24)36(50)19(3)35(49)20(4)39(58-23(7)46)18(2)30(55-9)12-13-56-43(8)41(53)34-32-27(44-26-10-11-31(48)57-22(26)6)16-28(45-42(17)54)38(52)33(32)37(51)21(5)40(34)59-43/h12-14,16,18-20,22,24-26,30-31,35-36,39,48-51H,10-11,15H2,1-9H3,(H,45,54)/t18-,19+,20-,22+,24-,25+,26-,30-,31+,35-,36-,39-,43+/m1/s1. The Bertz CT molecular complexity index is 2050. The summed E-state index contributed by atoms with van der Waals surface area (Å²) in [5, 5.41) is 47.2. The highest BCUT2D eigenvalue weighted by atomic mass is 16.7. The Hall–Kier alpha value is -4.74. The number of ketones is 3. The molecule has 0 unspecified atom stereocenters. The van der Waals surface area contributed by atoms with Crippen LogP contribution in [0.2, 0.25) is 0 Å². The number of nitrogens with one attached hydrogen (secondary N) is 1. The number of rotatable bonds is 3. The highest BCUT2D eigenvalue weighted by Gasteiger charge is 2.52. The van der Waals surface area contributed by atoms with Gasteiger partial charge in [0, 0.05) is 67.7 Å². The van der Waals surface area contributed by atoms with Gasteiger partial charge in [0.15, 0.2) is 12.1 Å². The lowest BCUT2D eigenvalue weighted by atomic mass is 9.79. The lowest BCUT2D eigenvalue weighted by Gasteiger charge is -2.37. The molecule has 1 aromatic rings. The summed E-state index contributed by atoms with van der Waals surface area (Å²) in [6, 6.07) is -0.576. The van der Waals surface area contributed by atoms with Crippen molar-refractivity contribution in [2.24, 2.45) is 34.6 Å². The van der Waals surface area contributed by atoms with Crippen molar-refractivity contribution < 1.29 is 68.1 Å². The van der Waals surface area contributed by atoms with Gasteiger partial charge in [0.2, 0.25) is 5.78 Å². The zero-order chi connectivity index (χ0) is 43.4. The molecule has 6 aliphatic rings. The molecule has 4 heterocycles. The molecule has 2 fully saturated rings. The van der Waals surface area contributed by atoms with Gasteiger partial charge in [0.25, 0.3) is 11.7 Å². The number of hydrogen-bond acceptors (Lipinski definition) is 15. The number of amides is 1. The highest BCUT2D eigenvalue weighted by Crippen LogP contribution is 2.49. The Morgan fingerprint density at radius 1 is 0.949 bits per heavy atom. The number of esters is 1. The number of nitrogens with zero attached hydrogens (tertiary/aromatic N) is 1. The van der Waals surface area contributed by atoms with Gasteiger partial charge in [-0.3, -0.25) is 29.0 Å². The van der Waals surface area contributed by atoms with Gasteiger partial charge in [-0.15, -0.1) is 0 Å². The molecule has 1 saturated heterocycles. The van der Waals surface area contributed by atoms with Crippen molar-refractivity contribution in [3.8, 4) is 11.5 Å². The number of ether oxygens (including phenoxy) is 5. The van der Waals surface area contributed by atoms with E-state index in [4.69, 9.17) is 28.7 Å². The fourth-order valence-corrected chi connectivity index (χ4v) is 8.69. The van der Waals surface area contributed by atoms with E-state index >= 15 is 0 Å². The highest BCUT2D eigenvalue weighted by molar-refractivity contribution is 6.32. The minimum atomic E-state index is -2.03. The van der Waals surface area contributed by atoms with Crippen molar-refractivity contribution in [3.05, 3.63) is 58.0 Å². The average Bonchev–Trinajstić information content (AvgIpc) is 3.94. The van der Waals surface area contributed by atoms with Crippen LogP contribution in [0, 0.1) is 36.5 Å². The maximum Gasteiger partial charge on any atom is 0.312 e. The molecule has 5 N–H and O–H groups in total. The third-order valence-electron chi connectivity index (χ3n) is 12.4. The van der Waals surface area contributed by atoms with Gasteiger partial charge in [0.05, 0.1) is 59.3 Å². The maximum absolute atomic E-state index is 14.5. The first-order valence-electron chi connectivity index (χ1n) is 20.0. The van der Waals surface area contributed by atoms with Gasteiger partial charge < -0.3 is 49.4 Å². The van der Waals surface area contributed by atoms with Crippen LogP contribution in [-0.2, 0) is 33.3 Å². The SMILES string of the molecule is CO[C@@H]1C=CO[C@@]2(C)Oc3c(C)c(O)c4c(c3C2=O)C(=N[C@@H]2CC[C@@H](O)O[C@H]2C)C=C(NC(=O)C(C)=CC(=O)[C@@H]2C[C@@H]2[C@H](O)[C@@H](C)[C@@H](O)[C@@H](C)[C@H](OC(C)=O)[C@@H]1C)C4=O. The normalized spacial score (nSPS) is 37.2. The molecule has 0 radical (unpaired) electrons. The number of aliphatic hydroxyl groups is 3. The number of phenolic OH excluding ortho intramolecular Hbond substituents is 1. The number of hydrogen-bond donors (Lipinski definition) is 5. The molecule has 16 heteroatoms. The Morgan fingerprint density at radius 2 is 1.64 bits per heavy atom. The first-order chi connectivity index (χ1) is 27.7. The van der Waals surface area contributed by atoms with Crippen molar-refractivity contribution in [1.29, 1.82) is 0 Å². The van der Waals surface area contributed by atoms with Gasteiger partial charge in [-0.25, -0.2) is 0 Å². The molecule has 0 aromatic heterocycles. The number of carbonyl (C=O) groups excluding carboxylic acids is 5. The number of aliphatic imine (C=N–C) groups is 1. The van der Waals surface area contributed by atoms with Crippen LogP contribution < -0.4 is 10.1 Å². The van der Waals surface area contributed by atoms with Crippen molar-refractivity contribution >= 4 is 34.9 Å². The number of benzene rings is 1. The quantitative estimate of drug-likeness (QED) is 0.276. The van der Waals surface area contributed by atoms with Crippen LogP contribution in [0.3, 0.4) is 0 Å².